The van der Waals surface area contributed by atoms with Gasteiger partial charge in [-0.25, -0.2) is 4.98 Å². The van der Waals surface area contributed by atoms with Gasteiger partial charge in [0, 0.05) is 18.7 Å². The third kappa shape index (κ3) is 2.04. The van der Waals surface area contributed by atoms with Crippen molar-refractivity contribution in [2.75, 3.05) is 18.0 Å². The molecule has 0 bridgehead atoms. The quantitative estimate of drug-likeness (QED) is 0.792. The van der Waals surface area contributed by atoms with Crippen LogP contribution in [0.4, 0.5) is 5.13 Å². The van der Waals surface area contributed by atoms with Gasteiger partial charge in [0.2, 0.25) is 0 Å². The lowest BCUT2D eigenvalue weighted by Gasteiger charge is -2.12. The third-order valence-corrected chi connectivity index (χ3v) is 4.21. The Morgan fingerprint density at radius 1 is 1.17 bits per heavy atom. The van der Waals surface area contributed by atoms with Crippen molar-refractivity contribution in [3.8, 4) is 11.3 Å². The molecule has 2 aromatic rings. The molecule has 0 atom stereocenters. The first-order valence-corrected chi connectivity index (χ1v) is 6.96. The molecule has 18 heavy (non-hydrogen) atoms. The van der Waals surface area contributed by atoms with Gasteiger partial charge < -0.3 is 4.90 Å². The smallest absolute Gasteiger partial charge is 0.186 e. The normalized spacial score (nSPS) is 15.0. The van der Waals surface area contributed by atoms with E-state index < -0.39 is 0 Å². The summed E-state index contributed by atoms with van der Waals surface area (Å²) in [6.07, 6.45) is 3.35. The summed E-state index contributed by atoms with van der Waals surface area (Å²) in [5, 5.41) is 0.980. The van der Waals surface area contributed by atoms with Gasteiger partial charge in [-0.3, -0.25) is 4.79 Å². The molecule has 92 valence electrons. The molecule has 0 radical (unpaired) electrons. The molecule has 1 fully saturated rings. The summed E-state index contributed by atoms with van der Waals surface area (Å²) in [5.74, 6) is 0. The molecule has 0 N–H and O–H groups in total. The molecule has 1 aliphatic rings. The number of hydrogen-bond acceptors (Lipinski definition) is 4. The summed E-state index contributed by atoms with van der Waals surface area (Å²) >= 11 is 1.50. The van der Waals surface area contributed by atoms with Gasteiger partial charge in [-0.1, -0.05) is 41.7 Å². The highest BCUT2D eigenvalue weighted by Gasteiger charge is 2.19. The zero-order valence-electron chi connectivity index (χ0n) is 10.0. The van der Waals surface area contributed by atoms with Crippen LogP contribution in [0.1, 0.15) is 22.5 Å². The Hall–Kier alpha value is -1.68. The second-order valence-electron chi connectivity index (χ2n) is 4.39. The lowest BCUT2D eigenvalue weighted by molar-refractivity contribution is 0.112. The van der Waals surface area contributed by atoms with E-state index >= 15 is 0 Å². The van der Waals surface area contributed by atoms with Gasteiger partial charge in [0.15, 0.2) is 11.4 Å². The maximum Gasteiger partial charge on any atom is 0.186 e. The van der Waals surface area contributed by atoms with Crippen LogP contribution in [0.25, 0.3) is 11.3 Å². The van der Waals surface area contributed by atoms with Crippen LogP contribution in [0.2, 0.25) is 0 Å². The van der Waals surface area contributed by atoms with E-state index in [1.807, 2.05) is 30.3 Å². The third-order valence-electron chi connectivity index (χ3n) is 3.17. The minimum Gasteiger partial charge on any atom is -0.348 e. The number of rotatable bonds is 3. The number of nitrogens with zero attached hydrogens (tertiary/aromatic N) is 2. The van der Waals surface area contributed by atoms with E-state index in [2.05, 4.69) is 9.88 Å². The van der Waals surface area contributed by atoms with Crippen molar-refractivity contribution >= 4 is 22.8 Å². The Morgan fingerprint density at radius 2 is 1.89 bits per heavy atom. The average Bonchev–Trinajstić information content (AvgIpc) is 3.08. The summed E-state index contributed by atoms with van der Waals surface area (Å²) in [5.41, 5.74) is 1.83. The Morgan fingerprint density at radius 3 is 2.56 bits per heavy atom. The minimum atomic E-state index is 0.725. The minimum absolute atomic E-state index is 0.725. The maximum absolute atomic E-state index is 11.2. The standard InChI is InChI=1S/C14H14N2OS/c17-10-12-13(11-6-2-1-3-7-11)15-14(18-12)16-8-4-5-9-16/h1-3,6-7,10H,4-5,8-9H2. The second kappa shape index (κ2) is 4.90. The van der Waals surface area contributed by atoms with Crippen molar-refractivity contribution in [2.24, 2.45) is 0 Å². The van der Waals surface area contributed by atoms with E-state index in [0.717, 1.165) is 40.6 Å². The van der Waals surface area contributed by atoms with Crippen LogP contribution >= 0.6 is 11.3 Å². The van der Waals surface area contributed by atoms with Crippen molar-refractivity contribution < 1.29 is 4.79 Å². The van der Waals surface area contributed by atoms with Crippen LogP contribution in [0, 0.1) is 0 Å². The zero-order valence-corrected chi connectivity index (χ0v) is 10.8. The van der Waals surface area contributed by atoms with Crippen molar-refractivity contribution in [3.63, 3.8) is 0 Å². The molecule has 0 amide bonds. The SMILES string of the molecule is O=Cc1sc(N2CCCC2)nc1-c1ccccc1. The highest BCUT2D eigenvalue weighted by atomic mass is 32.1. The molecular weight excluding hydrogens is 244 g/mol. The molecule has 2 heterocycles. The fraction of sp³-hybridized carbons (Fsp3) is 0.286. The fourth-order valence-electron chi connectivity index (χ4n) is 2.25. The number of thiazole rings is 1. The van der Waals surface area contributed by atoms with Gasteiger partial charge in [0.1, 0.15) is 0 Å². The van der Waals surface area contributed by atoms with Gasteiger partial charge in [-0.05, 0) is 12.8 Å². The van der Waals surface area contributed by atoms with Crippen LogP contribution in [-0.4, -0.2) is 24.4 Å². The fourth-order valence-corrected chi connectivity index (χ4v) is 3.20. The molecule has 3 rings (SSSR count). The van der Waals surface area contributed by atoms with Gasteiger partial charge in [-0.15, -0.1) is 0 Å². The lowest BCUT2D eigenvalue weighted by Crippen LogP contribution is -2.17. The highest BCUT2D eigenvalue weighted by Crippen LogP contribution is 2.33. The zero-order chi connectivity index (χ0) is 12.4. The van der Waals surface area contributed by atoms with E-state index in [9.17, 15) is 4.79 Å². The average molecular weight is 258 g/mol. The van der Waals surface area contributed by atoms with E-state index in [4.69, 9.17) is 0 Å². The van der Waals surface area contributed by atoms with E-state index in [0.29, 0.717) is 0 Å². The summed E-state index contributed by atoms with van der Waals surface area (Å²) < 4.78 is 0. The molecule has 0 saturated carbocycles. The van der Waals surface area contributed by atoms with E-state index in [1.54, 1.807) is 0 Å². The largest absolute Gasteiger partial charge is 0.348 e. The van der Waals surface area contributed by atoms with Crippen LogP contribution in [0.5, 0.6) is 0 Å². The first kappa shape index (κ1) is 11.4. The van der Waals surface area contributed by atoms with Crippen molar-refractivity contribution in [3.05, 3.63) is 35.2 Å². The molecule has 1 aromatic carbocycles. The van der Waals surface area contributed by atoms with E-state index in [1.165, 1.54) is 24.2 Å². The van der Waals surface area contributed by atoms with Gasteiger partial charge in [-0.2, -0.15) is 0 Å². The summed E-state index contributed by atoms with van der Waals surface area (Å²) in [6, 6.07) is 9.90. The molecule has 0 spiro atoms. The molecule has 4 heteroatoms. The van der Waals surface area contributed by atoms with Crippen LogP contribution in [0.15, 0.2) is 30.3 Å². The number of anilines is 1. The number of hydrogen-bond donors (Lipinski definition) is 0. The number of aldehydes is 1. The number of benzene rings is 1. The van der Waals surface area contributed by atoms with Gasteiger partial charge in [0.25, 0.3) is 0 Å². The molecule has 0 aliphatic carbocycles. The predicted octanol–water partition coefficient (Wildman–Crippen LogP) is 3.22. The van der Waals surface area contributed by atoms with Gasteiger partial charge in [0.05, 0.1) is 10.6 Å². The predicted molar refractivity (Wildman–Crippen MR) is 74.4 cm³/mol. The maximum atomic E-state index is 11.2. The first-order chi connectivity index (χ1) is 8.88. The number of aromatic nitrogens is 1. The summed E-state index contributed by atoms with van der Waals surface area (Å²) in [7, 11) is 0. The molecule has 1 aliphatic heterocycles. The monoisotopic (exact) mass is 258 g/mol. The Labute approximate surface area is 110 Å². The Bertz CT molecular complexity index is 544. The number of carbonyl (C=O) groups excluding carboxylic acids is 1. The second-order valence-corrected chi connectivity index (χ2v) is 5.40. The van der Waals surface area contributed by atoms with Crippen molar-refractivity contribution in [2.45, 2.75) is 12.8 Å². The van der Waals surface area contributed by atoms with E-state index in [-0.39, 0.29) is 0 Å². The van der Waals surface area contributed by atoms with Crippen molar-refractivity contribution in [1.82, 2.24) is 4.98 Å². The van der Waals surface area contributed by atoms with Crippen molar-refractivity contribution in [1.29, 1.82) is 0 Å². The lowest BCUT2D eigenvalue weighted by atomic mass is 10.1. The Kier molecular flexibility index (Phi) is 3.11. The van der Waals surface area contributed by atoms with Crippen LogP contribution < -0.4 is 4.90 Å². The topological polar surface area (TPSA) is 33.2 Å². The molecule has 1 saturated heterocycles. The molecule has 0 unspecified atom stereocenters. The van der Waals surface area contributed by atoms with Crippen LogP contribution in [0.3, 0.4) is 0 Å². The molecular formula is C14H14N2OS. The Balaban J connectivity index is 2.01. The molecule has 3 nitrogen and oxygen atoms in total. The van der Waals surface area contributed by atoms with Crippen LogP contribution in [-0.2, 0) is 0 Å². The highest BCUT2D eigenvalue weighted by molar-refractivity contribution is 7.17. The summed E-state index contributed by atoms with van der Waals surface area (Å²) in [6.45, 7) is 2.11. The van der Waals surface area contributed by atoms with Gasteiger partial charge >= 0.3 is 0 Å². The number of carbonyl (C=O) groups is 1. The molecule has 1 aromatic heterocycles. The summed E-state index contributed by atoms with van der Waals surface area (Å²) in [4.78, 5) is 18.8. The first-order valence-electron chi connectivity index (χ1n) is 6.15.